The first kappa shape index (κ1) is 18.1. The van der Waals surface area contributed by atoms with Crippen LogP contribution >= 0.6 is 23.2 Å². The maximum absolute atomic E-state index is 12.9. The van der Waals surface area contributed by atoms with E-state index in [1.165, 1.54) is 0 Å². The zero-order valence-electron chi connectivity index (χ0n) is 14.3. The fraction of sp³-hybridized carbons (Fsp3) is 0.136. The van der Waals surface area contributed by atoms with Crippen molar-refractivity contribution in [3.63, 3.8) is 0 Å². The number of carbonyl (C=O) groups is 1. The fourth-order valence-corrected chi connectivity index (χ4v) is 3.25. The zero-order valence-corrected chi connectivity index (χ0v) is 15.8. The third kappa shape index (κ3) is 4.01. The van der Waals surface area contributed by atoms with Gasteiger partial charge in [-0.15, -0.1) is 0 Å². The van der Waals surface area contributed by atoms with Crippen LogP contribution in [-0.2, 0) is 11.3 Å². The maximum Gasteiger partial charge on any atom is 0.198 e. The molecule has 1 fully saturated rings. The Morgan fingerprint density at radius 1 is 0.926 bits per heavy atom. The number of rotatable bonds is 6. The van der Waals surface area contributed by atoms with E-state index < -0.39 is 6.10 Å². The molecule has 1 aliphatic heterocycles. The third-order valence-corrected chi connectivity index (χ3v) is 5.15. The molecule has 1 aliphatic rings. The lowest BCUT2D eigenvalue weighted by atomic mass is 10.0. The van der Waals surface area contributed by atoms with Crippen molar-refractivity contribution in [2.24, 2.45) is 0 Å². The minimum atomic E-state index is -0.538. The summed E-state index contributed by atoms with van der Waals surface area (Å²) in [6.07, 6.45) is -0.849. The molecule has 1 saturated heterocycles. The monoisotopic (exact) mass is 398 g/mol. The minimum absolute atomic E-state index is 0.102. The van der Waals surface area contributed by atoms with Crippen LogP contribution in [0.3, 0.4) is 0 Å². The van der Waals surface area contributed by atoms with Crippen molar-refractivity contribution in [2.45, 2.75) is 18.8 Å². The Morgan fingerprint density at radius 3 is 2.44 bits per heavy atom. The molecule has 0 amide bonds. The fourth-order valence-electron chi connectivity index (χ4n) is 2.94. The maximum atomic E-state index is 12.9. The van der Waals surface area contributed by atoms with Crippen LogP contribution in [0.25, 0.3) is 0 Å². The van der Waals surface area contributed by atoms with Gasteiger partial charge in [-0.25, -0.2) is 0 Å². The Hall–Kier alpha value is -2.33. The van der Waals surface area contributed by atoms with Gasteiger partial charge >= 0.3 is 0 Å². The molecule has 2 atom stereocenters. The summed E-state index contributed by atoms with van der Waals surface area (Å²) < 4.78 is 11.5. The van der Waals surface area contributed by atoms with Crippen LogP contribution < -0.4 is 4.74 Å². The highest BCUT2D eigenvalue weighted by Crippen LogP contribution is 2.43. The summed E-state index contributed by atoms with van der Waals surface area (Å²) in [5.41, 5.74) is 2.39. The third-order valence-electron chi connectivity index (χ3n) is 4.41. The Morgan fingerprint density at radius 2 is 1.67 bits per heavy atom. The van der Waals surface area contributed by atoms with E-state index >= 15 is 0 Å². The normalized spacial score (nSPS) is 18.1. The summed E-state index contributed by atoms with van der Waals surface area (Å²) in [6, 6.07) is 22.3. The van der Waals surface area contributed by atoms with Gasteiger partial charge < -0.3 is 9.47 Å². The molecule has 3 aromatic rings. The Bertz CT molecular complexity index is 972. The lowest BCUT2D eigenvalue weighted by Gasteiger charge is -2.10. The molecule has 27 heavy (non-hydrogen) atoms. The summed E-state index contributed by atoms with van der Waals surface area (Å²) in [7, 11) is 0. The van der Waals surface area contributed by atoms with Crippen molar-refractivity contribution in [2.75, 3.05) is 0 Å². The summed E-state index contributed by atoms with van der Waals surface area (Å²) >= 11 is 12.0. The van der Waals surface area contributed by atoms with Gasteiger partial charge in [0.2, 0.25) is 0 Å². The number of ketones is 1. The van der Waals surface area contributed by atoms with Crippen LogP contribution in [0.5, 0.6) is 5.75 Å². The number of carbonyl (C=O) groups excluding carboxylic acids is 1. The average molecular weight is 399 g/mol. The van der Waals surface area contributed by atoms with Crippen LogP contribution in [0.1, 0.15) is 27.6 Å². The van der Waals surface area contributed by atoms with E-state index in [1.807, 2.05) is 48.5 Å². The van der Waals surface area contributed by atoms with Gasteiger partial charge in [0.15, 0.2) is 11.9 Å². The Labute approximate surface area is 167 Å². The molecule has 0 saturated carbocycles. The summed E-state index contributed by atoms with van der Waals surface area (Å²) in [5.74, 6) is 0.449. The smallest absolute Gasteiger partial charge is 0.198 e. The van der Waals surface area contributed by atoms with E-state index in [4.69, 9.17) is 32.7 Å². The predicted octanol–water partition coefficient (Wildman–Crippen LogP) is 5.90. The quantitative estimate of drug-likeness (QED) is 0.383. The highest BCUT2D eigenvalue weighted by atomic mass is 35.5. The molecule has 0 unspecified atom stereocenters. The zero-order chi connectivity index (χ0) is 18.8. The van der Waals surface area contributed by atoms with E-state index in [9.17, 15) is 4.79 Å². The molecule has 3 aromatic carbocycles. The lowest BCUT2D eigenvalue weighted by molar-refractivity contribution is 0.0949. The molecule has 1 heterocycles. The molecule has 136 valence electrons. The molecule has 5 heteroatoms. The van der Waals surface area contributed by atoms with Gasteiger partial charge in [-0.3, -0.25) is 4.79 Å². The van der Waals surface area contributed by atoms with Crippen LogP contribution in [0.2, 0.25) is 10.0 Å². The van der Waals surface area contributed by atoms with Gasteiger partial charge in [-0.2, -0.15) is 0 Å². The first-order valence-corrected chi connectivity index (χ1v) is 9.29. The van der Waals surface area contributed by atoms with E-state index in [0.717, 1.165) is 11.1 Å². The molecule has 0 aromatic heterocycles. The topological polar surface area (TPSA) is 38.8 Å². The highest BCUT2D eigenvalue weighted by Gasteiger charge is 2.47. The first-order valence-electron chi connectivity index (χ1n) is 8.54. The van der Waals surface area contributed by atoms with Crippen molar-refractivity contribution in [1.82, 2.24) is 0 Å². The number of hydrogen-bond donors (Lipinski definition) is 0. The number of halogens is 2. The average Bonchev–Trinajstić information content (AvgIpc) is 3.50. The second-order valence-electron chi connectivity index (χ2n) is 6.29. The van der Waals surface area contributed by atoms with Gasteiger partial charge in [0.05, 0.1) is 15.6 Å². The van der Waals surface area contributed by atoms with Crippen LogP contribution in [0.15, 0.2) is 72.8 Å². The van der Waals surface area contributed by atoms with Crippen LogP contribution in [-0.4, -0.2) is 11.9 Å². The summed E-state index contributed by atoms with van der Waals surface area (Å²) in [6.45, 7) is 0.396. The number of epoxide rings is 1. The van der Waals surface area contributed by atoms with E-state index in [1.54, 1.807) is 24.3 Å². The predicted molar refractivity (Wildman–Crippen MR) is 106 cm³/mol. The van der Waals surface area contributed by atoms with Gasteiger partial charge in [0.25, 0.3) is 0 Å². The molecule has 4 rings (SSSR count). The summed E-state index contributed by atoms with van der Waals surface area (Å²) in [5, 5.41) is 0.922. The Balaban J connectivity index is 1.49. The van der Waals surface area contributed by atoms with E-state index in [0.29, 0.717) is 28.0 Å². The van der Waals surface area contributed by atoms with Gasteiger partial charge in [0.1, 0.15) is 18.5 Å². The van der Waals surface area contributed by atoms with Crippen LogP contribution in [0.4, 0.5) is 0 Å². The molecule has 3 nitrogen and oxygen atoms in total. The minimum Gasteiger partial charge on any atom is -0.488 e. The van der Waals surface area contributed by atoms with Gasteiger partial charge in [-0.1, -0.05) is 71.7 Å². The SMILES string of the molecule is O=C(c1ccccc1OCc1ccccc1)[C@@H]1O[C@H]1c1ccc(Cl)c(Cl)c1. The number of para-hydroxylation sites is 1. The molecule has 0 N–H and O–H groups in total. The lowest BCUT2D eigenvalue weighted by Crippen LogP contribution is -2.10. The van der Waals surface area contributed by atoms with Crippen molar-refractivity contribution in [3.8, 4) is 5.75 Å². The molecule has 0 radical (unpaired) electrons. The Kier molecular flexibility index (Phi) is 5.17. The molecule has 0 spiro atoms. The summed E-state index contributed by atoms with van der Waals surface area (Å²) in [4.78, 5) is 12.9. The van der Waals surface area contributed by atoms with Gasteiger partial charge in [0, 0.05) is 0 Å². The first-order chi connectivity index (χ1) is 13.1. The molecular weight excluding hydrogens is 383 g/mol. The molecule has 0 aliphatic carbocycles. The number of Topliss-reactive ketones (excluding diaryl/α,β-unsaturated/α-hetero) is 1. The molecule has 0 bridgehead atoms. The number of ether oxygens (including phenoxy) is 2. The standard InChI is InChI=1S/C22H16Cl2O3/c23-17-11-10-15(12-18(17)24)21-22(27-21)20(25)16-8-4-5-9-19(16)26-13-14-6-2-1-3-7-14/h1-12,21-22H,13H2/t21-,22-/m0/s1. The van der Waals surface area contributed by atoms with Crippen molar-refractivity contribution >= 4 is 29.0 Å². The van der Waals surface area contributed by atoms with Crippen LogP contribution in [0, 0.1) is 0 Å². The highest BCUT2D eigenvalue weighted by molar-refractivity contribution is 6.42. The van der Waals surface area contributed by atoms with Crippen molar-refractivity contribution in [3.05, 3.63) is 99.5 Å². The molecular formula is C22H16Cl2O3. The van der Waals surface area contributed by atoms with Crippen molar-refractivity contribution < 1.29 is 14.3 Å². The largest absolute Gasteiger partial charge is 0.488 e. The van der Waals surface area contributed by atoms with Gasteiger partial charge in [-0.05, 0) is 35.4 Å². The van der Waals surface area contributed by atoms with E-state index in [2.05, 4.69) is 0 Å². The van der Waals surface area contributed by atoms with E-state index in [-0.39, 0.29) is 11.9 Å². The van der Waals surface area contributed by atoms with Crippen molar-refractivity contribution in [1.29, 1.82) is 0 Å². The second kappa shape index (κ2) is 7.73. The number of hydrogen-bond acceptors (Lipinski definition) is 3. The second-order valence-corrected chi connectivity index (χ2v) is 7.10. The number of benzene rings is 3.